The Kier molecular flexibility index (Phi) is 4.76. The van der Waals surface area contributed by atoms with Crippen LogP contribution >= 0.6 is 0 Å². The molecule has 0 aliphatic rings. The van der Waals surface area contributed by atoms with E-state index in [0.29, 0.717) is 25.1 Å². The van der Waals surface area contributed by atoms with Crippen LogP contribution in [0.2, 0.25) is 0 Å². The fourth-order valence-electron chi connectivity index (χ4n) is 1.21. The molecular formula is C11H14F3NO. The summed E-state index contributed by atoms with van der Waals surface area (Å²) in [7, 11) is 0. The van der Waals surface area contributed by atoms with Gasteiger partial charge in [0.25, 0.3) is 0 Å². The highest BCUT2D eigenvalue weighted by Gasteiger charge is 2.30. The summed E-state index contributed by atoms with van der Waals surface area (Å²) in [4.78, 5) is 0. The van der Waals surface area contributed by atoms with Crippen molar-refractivity contribution >= 4 is 0 Å². The van der Waals surface area contributed by atoms with E-state index in [-0.39, 0.29) is 6.61 Å². The average molecular weight is 233 g/mol. The van der Waals surface area contributed by atoms with Crippen molar-refractivity contribution in [3.05, 3.63) is 35.4 Å². The number of hydrogen-bond acceptors (Lipinski definition) is 2. The number of rotatable bonds is 5. The van der Waals surface area contributed by atoms with Crippen molar-refractivity contribution in [1.82, 2.24) is 0 Å². The van der Waals surface area contributed by atoms with Crippen molar-refractivity contribution in [2.75, 3.05) is 13.2 Å². The van der Waals surface area contributed by atoms with Gasteiger partial charge in [0, 0.05) is 6.61 Å². The van der Waals surface area contributed by atoms with Crippen LogP contribution in [0.4, 0.5) is 13.2 Å². The predicted molar refractivity (Wildman–Crippen MR) is 54.8 cm³/mol. The topological polar surface area (TPSA) is 35.2 Å². The van der Waals surface area contributed by atoms with Crippen LogP contribution in [0.1, 0.15) is 17.5 Å². The highest BCUT2D eigenvalue weighted by atomic mass is 19.4. The van der Waals surface area contributed by atoms with E-state index < -0.39 is 11.7 Å². The molecule has 0 amide bonds. The average Bonchev–Trinajstić information content (AvgIpc) is 2.24. The minimum absolute atomic E-state index is 0.184. The van der Waals surface area contributed by atoms with E-state index in [9.17, 15) is 13.2 Å². The summed E-state index contributed by atoms with van der Waals surface area (Å²) in [6.07, 6.45) is -3.59. The van der Waals surface area contributed by atoms with E-state index in [1.54, 1.807) is 6.07 Å². The summed E-state index contributed by atoms with van der Waals surface area (Å²) in [5.41, 5.74) is 5.13. The molecule has 0 fully saturated rings. The van der Waals surface area contributed by atoms with E-state index in [0.717, 1.165) is 12.1 Å². The van der Waals surface area contributed by atoms with Gasteiger partial charge >= 0.3 is 6.18 Å². The lowest BCUT2D eigenvalue weighted by atomic mass is 10.1. The van der Waals surface area contributed by atoms with Crippen LogP contribution in [0.25, 0.3) is 0 Å². The first-order chi connectivity index (χ1) is 7.54. The van der Waals surface area contributed by atoms with Crippen LogP contribution in [0, 0.1) is 0 Å². The molecule has 0 saturated heterocycles. The molecule has 1 aromatic rings. The zero-order valence-electron chi connectivity index (χ0n) is 8.76. The van der Waals surface area contributed by atoms with Gasteiger partial charge in [-0.25, -0.2) is 0 Å². The third-order valence-corrected chi connectivity index (χ3v) is 2.02. The Morgan fingerprint density at radius 1 is 1.25 bits per heavy atom. The monoisotopic (exact) mass is 233 g/mol. The van der Waals surface area contributed by atoms with Crippen molar-refractivity contribution in [1.29, 1.82) is 0 Å². The first kappa shape index (κ1) is 13.0. The summed E-state index contributed by atoms with van der Waals surface area (Å²) in [6.45, 7) is 1.17. The second-order valence-electron chi connectivity index (χ2n) is 3.39. The third-order valence-electron chi connectivity index (χ3n) is 2.02. The van der Waals surface area contributed by atoms with Gasteiger partial charge in [0.05, 0.1) is 12.2 Å². The summed E-state index contributed by atoms with van der Waals surface area (Å²) in [5.74, 6) is 0. The fraction of sp³-hybridized carbons (Fsp3) is 0.455. The number of ether oxygens (including phenoxy) is 1. The van der Waals surface area contributed by atoms with Gasteiger partial charge in [-0.15, -0.1) is 0 Å². The zero-order chi connectivity index (χ0) is 12.0. The number of alkyl halides is 3. The molecule has 0 aliphatic heterocycles. The van der Waals surface area contributed by atoms with Crippen LogP contribution in [-0.4, -0.2) is 13.2 Å². The van der Waals surface area contributed by atoms with Gasteiger partial charge in [-0.05, 0) is 30.7 Å². The SMILES string of the molecule is NCCCOCc1cccc(C(F)(F)F)c1. The Morgan fingerprint density at radius 3 is 2.62 bits per heavy atom. The molecular weight excluding hydrogens is 219 g/mol. The third kappa shape index (κ3) is 4.20. The quantitative estimate of drug-likeness (QED) is 0.793. The van der Waals surface area contributed by atoms with Crippen LogP contribution in [0.3, 0.4) is 0 Å². The highest BCUT2D eigenvalue weighted by Crippen LogP contribution is 2.29. The highest BCUT2D eigenvalue weighted by molar-refractivity contribution is 5.25. The Morgan fingerprint density at radius 2 is 2.00 bits per heavy atom. The lowest BCUT2D eigenvalue weighted by Crippen LogP contribution is -2.07. The van der Waals surface area contributed by atoms with Crippen LogP contribution < -0.4 is 5.73 Å². The number of nitrogens with two attached hydrogens (primary N) is 1. The van der Waals surface area contributed by atoms with Gasteiger partial charge in [-0.1, -0.05) is 12.1 Å². The number of benzene rings is 1. The first-order valence-electron chi connectivity index (χ1n) is 4.98. The van der Waals surface area contributed by atoms with E-state index in [1.165, 1.54) is 6.07 Å². The van der Waals surface area contributed by atoms with Crippen molar-refractivity contribution in [3.8, 4) is 0 Å². The fourth-order valence-corrected chi connectivity index (χ4v) is 1.21. The molecule has 1 aromatic carbocycles. The molecule has 0 saturated carbocycles. The first-order valence-corrected chi connectivity index (χ1v) is 4.98. The molecule has 2 N–H and O–H groups in total. The molecule has 5 heteroatoms. The standard InChI is InChI=1S/C11H14F3NO/c12-11(13,14)10-4-1-3-9(7-10)8-16-6-2-5-15/h1,3-4,7H,2,5-6,8,15H2. The van der Waals surface area contributed by atoms with Crippen LogP contribution in [0.15, 0.2) is 24.3 Å². The Balaban J connectivity index is 2.54. The normalized spacial score (nSPS) is 11.8. The van der Waals surface area contributed by atoms with Gasteiger partial charge in [0.15, 0.2) is 0 Å². The molecule has 0 unspecified atom stereocenters. The van der Waals surface area contributed by atoms with E-state index in [1.807, 2.05) is 0 Å². The Labute approximate surface area is 92.2 Å². The second kappa shape index (κ2) is 5.86. The van der Waals surface area contributed by atoms with Crippen LogP contribution in [0.5, 0.6) is 0 Å². The van der Waals surface area contributed by atoms with E-state index in [4.69, 9.17) is 10.5 Å². The molecule has 0 aromatic heterocycles. The maximum atomic E-state index is 12.4. The molecule has 0 spiro atoms. The Hall–Kier alpha value is -1.07. The minimum atomic E-state index is -4.30. The summed E-state index contributed by atoms with van der Waals surface area (Å²) < 4.78 is 42.2. The van der Waals surface area contributed by atoms with Gasteiger partial charge in [0.1, 0.15) is 0 Å². The summed E-state index contributed by atoms with van der Waals surface area (Å²) in [5, 5.41) is 0. The van der Waals surface area contributed by atoms with Crippen molar-refractivity contribution in [3.63, 3.8) is 0 Å². The number of hydrogen-bond donors (Lipinski definition) is 1. The molecule has 0 atom stereocenters. The van der Waals surface area contributed by atoms with Crippen molar-refractivity contribution in [2.45, 2.75) is 19.2 Å². The minimum Gasteiger partial charge on any atom is -0.377 e. The zero-order valence-corrected chi connectivity index (χ0v) is 8.76. The number of halogens is 3. The lowest BCUT2D eigenvalue weighted by molar-refractivity contribution is -0.137. The maximum Gasteiger partial charge on any atom is 0.416 e. The molecule has 2 nitrogen and oxygen atoms in total. The van der Waals surface area contributed by atoms with Gasteiger partial charge in [-0.3, -0.25) is 0 Å². The van der Waals surface area contributed by atoms with Crippen LogP contribution in [-0.2, 0) is 17.5 Å². The van der Waals surface area contributed by atoms with E-state index >= 15 is 0 Å². The molecule has 0 bridgehead atoms. The van der Waals surface area contributed by atoms with Gasteiger partial charge < -0.3 is 10.5 Å². The van der Waals surface area contributed by atoms with Gasteiger partial charge in [-0.2, -0.15) is 13.2 Å². The lowest BCUT2D eigenvalue weighted by Gasteiger charge is -2.09. The molecule has 1 rings (SSSR count). The van der Waals surface area contributed by atoms with E-state index in [2.05, 4.69) is 0 Å². The Bertz CT molecular complexity index is 325. The largest absolute Gasteiger partial charge is 0.416 e. The predicted octanol–water partition coefficient (Wildman–Crippen LogP) is 2.57. The molecule has 16 heavy (non-hydrogen) atoms. The summed E-state index contributed by atoms with van der Waals surface area (Å²) in [6, 6.07) is 5.13. The second-order valence-corrected chi connectivity index (χ2v) is 3.39. The van der Waals surface area contributed by atoms with Gasteiger partial charge in [0.2, 0.25) is 0 Å². The smallest absolute Gasteiger partial charge is 0.377 e. The molecule has 0 heterocycles. The molecule has 90 valence electrons. The summed E-state index contributed by atoms with van der Waals surface area (Å²) >= 11 is 0. The molecule has 0 radical (unpaired) electrons. The van der Waals surface area contributed by atoms with Crippen molar-refractivity contribution < 1.29 is 17.9 Å². The molecule has 0 aliphatic carbocycles. The maximum absolute atomic E-state index is 12.4. The van der Waals surface area contributed by atoms with Crippen molar-refractivity contribution in [2.24, 2.45) is 5.73 Å².